The predicted octanol–water partition coefficient (Wildman–Crippen LogP) is 3.82. The summed E-state index contributed by atoms with van der Waals surface area (Å²) in [6.45, 7) is 1.57. The van der Waals surface area contributed by atoms with Crippen LogP contribution in [0.4, 0.5) is 8.78 Å². The van der Waals surface area contributed by atoms with Crippen LogP contribution in [-0.4, -0.2) is 21.9 Å². The van der Waals surface area contributed by atoms with Gasteiger partial charge in [-0.15, -0.1) is 0 Å². The fourth-order valence-corrected chi connectivity index (χ4v) is 3.15. The summed E-state index contributed by atoms with van der Waals surface area (Å²) in [7, 11) is 0. The van der Waals surface area contributed by atoms with Gasteiger partial charge in [-0.2, -0.15) is 0 Å². The summed E-state index contributed by atoms with van der Waals surface area (Å²) in [6, 6.07) is 14.1. The second kappa shape index (κ2) is 7.08. The maximum atomic E-state index is 13.4. The predicted molar refractivity (Wildman–Crippen MR) is 98.0 cm³/mol. The van der Waals surface area contributed by atoms with Gasteiger partial charge in [0.25, 0.3) is 5.91 Å². The molecule has 27 heavy (non-hydrogen) atoms. The molecular weight excluding hydrogens is 346 g/mol. The van der Waals surface area contributed by atoms with Crippen molar-refractivity contribution in [2.45, 2.75) is 13.1 Å². The van der Waals surface area contributed by atoms with Crippen molar-refractivity contribution in [2.75, 3.05) is 6.54 Å². The fourth-order valence-electron chi connectivity index (χ4n) is 3.15. The Morgan fingerprint density at radius 3 is 2.41 bits per heavy atom. The normalized spacial score (nSPS) is 13.1. The van der Waals surface area contributed by atoms with E-state index in [9.17, 15) is 13.6 Å². The van der Waals surface area contributed by atoms with Crippen LogP contribution < -0.4 is 0 Å². The molecule has 0 unspecified atom stereocenters. The van der Waals surface area contributed by atoms with Gasteiger partial charge in [0.15, 0.2) is 0 Å². The Kier molecular flexibility index (Phi) is 4.47. The number of fused-ring (bicyclic) bond motifs is 1. The van der Waals surface area contributed by atoms with E-state index in [1.807, 2.05) is 10.8 Å². The van der Waals surface area contributed by atoms with Gasteiger partial charge in [0.05, 0.1) is 0 Å². The molecule has 4 rings (SSSR count). The highest BCUT2D eigenvalue weighted by Gasteiger charge is 2.25. The fraction of sp³-hybridized carbons (Fsp3) is 0.136. The molecule has 2 heterocycles. The molecule has 1 aliphatic rings. The molecule has 1 aliphatic heterocycles. The number of hydrogen-bond acceptors (Lipinski definition) is 1. The Bertz CT molecular complexity index is 1080. The van der Waals surface area contributed by atoms with Crippen LogP contribution in [0.3, 0.4) is 0 Å². The second-order valence-corrected chi connectivity index (χ2v) is 6.42. The zero-order chi connectivity index (χ0) is 18.8. The molecule has 5 heteroatoms. The van der Waals surface area contributed by atoms with Crippen molar-refractivity contribution >= 4 is 5.91 Å². The number of halogens is 2. The van der Waals surface area contributed by atoms with Crippen molar-refractivity contribution in [3.63, 3.8) is 0 Å². The molecule has 3 aromatic rings. The first-order valence-corrected chi connectivity index (χ1v) is 8.60. The smallest absolute Gasteiger partial charge is 0.270 e. The van der Waals surface area contributed by atoms with Crippen LogP contribution in [0.15, 0.2) is 60.8 Å². The van der Waals surface area contributed by atoms with Gasteiger partial charge < -0.3 is 9.47 Å². The lowest BCUT2D eigenvalue weighted by atomic mass is 10.2. The zero-order valence-corrected chi connectivity index (χ0v) is 14.5. The lowest BCUT2D eigenvalue weighted by molar-refractivity contribution is 0.0691. The number of hydrogen-bond donors (Lipinski definition) is 0. The Morgan fingerprint density at radius 2 is 1.63 bits per heavy atom. The molecule has 0 spiro atoms. The largest absolute Gasteiger partial charge is 0.340 e. The highest BCUT2D eigenvalue weighted by atomic mass is 19.1. The van der Waals surface area contributed by atoms with Crippen molar-refractivity contribution in [3.8, 4) is 11.8 Å². The van der Waals surface area contributed by atoms with Crippen molar-refractivity contribution in [1.29, 1.82) is 0 Å². The number of benzene rings is 2. The first-order chi connectivity index (χ1) is 13.1. The van der Waals surface area contributed by atoms with Crippen LogP contribution in [0.2, 0.25) is 0 Å². The van der Waals surface area contributed by atoms with E-state index < -0.39 is 0 Å². The van der Waals surface area contributed by atoms with Gasteiger partial charge >= 0.3 is 0 Å². The number of carbonyl (C=O) groups excluding carboxylic acids is 1. The number of rotatable bonds is 2. The quantitative estimate of drug-likeness (QED) is 0.636. The minimum Gasteiger partial charge on any atom is -0.340 e. The third-order valence-electron chi connectivity index (χ3n) is 4.45. The topological polar surface area (TPSA) is 25.2 Å². The first-order valence-electron chi connectivity index (χ1n) is 8.60. The summed E-state index contributed by atoms with van der Waals surface area (Å²) in [5.74, 6) is 5.14. The van der Waals surface area contributed by atoms with Gasteiger partial charge in [0, 0.05) is 37.0 Å². The maximum absolute atomic E-state index is 13.4. The van der Waals surface area contributed by atoms with Crippen molar-refractivity contribution < 1.29 is 13.6 Å². The monoisotopic (exact) mass is 362 g/mol. The molecule has 1 aromatic heterocycles. The van der Waals surface area contributed by atoms with Crippen molar-refractivity contribution in [3.05, 3.63) is 94.8 Å². The van der Waals surface area contributed by atoms with Crippen LogP contribution in [0, 0.1) is 23.5 Å². The lowest BCUT2D eigenvalue weighted by Crippen LogP contribution is -2.39. The van der Waals surface area contributed by atoms with Crippen molar-refractivity contribution in [1.82, 2.24) is 9.47 Å². The van der Waals surface area contributed by atoms with Gasteiger partial charge in [-0.3, -0.25) is 4.79 Å². The standard InChI is InChI=1S/C22H16F2N2O/c23-19-5-1-3-16(11-19)7-8-18-13-21-22(27)26(10-9-25(21)14-18)15-17-4-2-6-20(24)12-17/h1-6,11-14H,9-10,15H2. The molecule has 0 fully saturated rings. The average molecular weight is 362 g/mol. The van der Waals surface area contributed by atoms with Crippen LogP contribution in [0.25, 0.3) is 0 Å². The average Bonchev–Trinajstić information content (AvgIpc) is 3.07. The Morgan fingerprint density at radius 1 is 0.889 bits per heavy atom. The van der Waals surface area contributed by atoms with Crippen LogP contribution >= 0.6 is 0 Å². The van der Waals surface area contributed by atoms with E-state index in [1.165, 1.54) is 24.3 Å². The van der Waals surface area contributed by atoms with Crippen molar-refractivity contribution in [2.24, 2.45) is 0 Å². The molecule has 134 valence electrons. The molecule has 0 saturated carbocycles. The van der Waals surface area contributed by atoms with Crippen LogP contribution in [-0.2, 0) is 13.1 Å². The SMILES string of the molecule is O=C1c2cc(C#Cc3cccc(F)c3)cn2CCN1Cc1cccc(F)c1. The molecular formula is C22H16F2N2O. The summed E-state index contributed by atoms with van der Waals surface area (Å²) < 4.78 is 28.5. The first kappa shape index (κ1) is 17.0. The number of nitrogens with zero attached hydrogens (tertiary/aromatic N) is 2. The van der Waals surface area contributed by atoms with E-state index in [0.29, 0.717) is 36.5 Å². The van der Waals surface area contributed by atoms with Crippen LogP contribution in [0.5, 0.6) is 0 Å². The Hall–Kier alpha value is -3.39. The Balaban J connectivity index is 1.54. The number of carbonyl (C=O) groups is 1. The highest BCUT2D eigenvalue weighted by molar-refractivity contribution is 5.94. The van der Waals surface area contributed by atoms with E-state index in [-0.39, 0.29) is 17.5 Å². The molecule has 0 bridgehead atoms. The zero-order valence-electron chi connectivity index (χ0n) is 14.5. The van der Waals surface area contributed by atoms with Gasteiger partial charge in [-0.25, -0.2) is 8.78 Å². The summed E-state index contributed by atoms with van der Waals surface area (Å²) >= 11 is 0. The van der Waals surface area contributed by atoms with Crippen LogP contribution in [0.1, 0.15) is 27.2 Å². The summed E-state index contributed by atoms with van der Waals surface area (Å²) in [5, 5.41) is 0. The third-order valence-corrected chi connectivity index (χ3v) is 4.45. The minimum atomic E-state index is -0.332. The van der Waals surface area contributed by atoms with Gasteiger partial charge in [0.2, 0.25) is 0 Å². The second-order valence-electron chi connectivity index (χ2n) is 6.42. The molecule has 0 aliphatic carbocycles. The molecule has 0 atom stereocenters. The van der Waals surface area contributed by atoms with E-state index in [4.69, 9.17) is 0 Å². The number of amides is 1. The molecule has 0 radical (unpaired) electrons. The summed E-state index contributed by atoms with van der Waals surface area (Å²) in [4.78, 5) is 14.5. The van der Waals surface area contributed by atoms with E-state index in [0.717, 1.165) is 5.56 Å². The third kappa shape index (κ3) is 3.75. The van der Waals surface area contributed by atoms with E-state index >= 15 is 0 Å². The van der Waals surface area contributed by atoms with Gasteiger partial charge in [-0.1, -0.05) is 30.0 Å². The molecule has 1 amide bonds. The molecule has 3 nitrogen and oxygen atoms in total. The molecule has 0 saturated heterocycles. The highest BCUT2D eigenvalue weighted by Crippen LogP contribution is 2.18. The van der Waals surface area contributed by atoms with E-state index in [2.05, 4.69) is 11.8 Å². The van der Waals surface area contributed by atoms with Gasteiger partial charge in [0.1, 0.15) is 17.3 Å². The summed E-state index contributed by atoms with van der Waals surface area (Å²) in [6.07, 6.45) is 1.83. The van der Waals surface area contributed by atoms with Gasteiger partial charge in [-0.05, 0) is 42.0 Å². The molecule has 2 aromatic carbocycles. The lowest BCUT2D eigenvalue weighted by Gasteiger charge is -2.28. The minimum absolute atomic E-state index is 0.107. The summed E-state index contributed by atoms with van der Waals surface area (Å²) in [5.41, 5.74) is 2.60. The number of aromatic nitrogens is 1. The Labute approximate surface area is 155 Å². The van der Waals surface area contributed by atoms with E-state index in [1.54, 1.807) is 35.2 Å². The molecule has 0 N–H and O–H groups in total. The maximum Gasteiger partial charge on any atom is 0.270 e.